The van der Waals surface area contributed by atoms with Crippen LogP contribution in [0.15, 0.2) is 48.5 Å². The van der Waals surface area contributed by atoms with E-state index in [4.69, 9.17) is 4.74 Å². The molecule has 2 N–H and O–H groups in total. The van der Waals surface area contributed by atoms with Crippen molar-refractivity contribution < 1.29 is 14.6 Å². The number of carbonyl (C=O) groups excluding carboxylic acids is 1. The van der Waals surface area contributed by atoms with E-state index >= 15 is 0 Å². The number of ether oxygens (including phenoxy) is 1. The van der Waals surface area contributed by atoms with E-state index in [0.29, 0.717) is 12.2 Å². The van der Waals surface area contributed by atoms with Crippen molar-refractivity contribution in [2.75, 3.05) is 13.2 Å². The number of nitrogens with one attached hydrogen (secondary N) is 1. The fourth-order valence-electron chi connectivity index (χ4n) is 2.49. The maximum atomic E-state index is 12.3. The van der Waals surface area contributed by atoms with Gasteiger partial charge in [-0.05, 0) is 29.3 Å². The van der Waals surface area contributed by atoms with Crippen molar-refractivity contribution in [2.24, 2.45) is 0 Å². The van der Waals surface area contributed by atoms with E-state index < -0.39 is 6.04 Å². The first kappa shape index (κ1) is 13.6. The summed E-state index contributed by atoms with van der Waals surface area (Å²) in [5.41, 5.74) is 2.54. The zero-order valence-corrected chi connectivity index (χ0v) is 11.6. The highest BCUT2D eigenvalue weighted by atomic mass is 16.5. The molecule has 1 aliphatic rings. The molecule has 4 nitrogen and oxygen atoms in total. The minimum Gasteiger partial charge on any atom is -0.493 e. The topological polar surface area (TPSA) is 58.6 Å². The SMILES string of the molecule is O=C(N[C@H](CO)c1ccccc1)c1ccc2c(c1)CCO2. The Hall–Kier alpha value is -2.33. The summed E-state index contributed by atoms with van der Waals surface area (Å²) in [4.78, 5) is 12.3. The first-order valence-electron chi connectivity index (χ1n) is 7.00. The Kier molecular flexibility index (Phi) is 3.88. The third kappa shape index (κ3) is 2.90. The number of hydrogen-bond donors (Lipinski definition) is 2. The van der Waals surface area contributed by atoms with Gasteiger partial charge in [0.15, 0.2) is 0 Å². The van der Waals surface area contributed by atoms with Crippen LogP contribution >= 0.6 is 0 Å². The molecule has 108 valence electrons. The molecule has 0 bridgehead atoms. The molecular weight excluding hydrogens is 266 g/mol. The second kappa shape index (κ2) is 5.97. The molecule has 1 aliphatic heterocycles. The van der Waals surface area contributed by atoms with Crippen LogP contribution in [-0.4, -0.2) is 24.2 Å². The smallest absolute Gasteiger partial charge is 0.251 e. The van der Waals surface area contributed by atoms with Crippen molar-refractivity contribution in [1.29, 1.82) is 0 Å². The van der Waals surface area contributed by atoms with Gasteiger partial charge in [0.2, 0.25) is 0 Å². The number of benzene rings is 2. The van der Waals surface area contributed by atoms with Gasteiger partial charge in [-0.1, -0.05) is 30.3 Å². The first-order valence-corrected chi connectivity index (χ1v) is 7.00. The maximum absolute atomic E-state index is 12.3. The Morgan fingerprint density at radius 2 is 2.05 bits per heavy atom. The molecular formula is C17H17NO3. The molecule has 0 aliphatic carbocycles. The van der Waals surface area contributed by atoms with E-state index in [-0.39, 0.29) is 12.5 Å². The summed E-state index contributed by atoms with van der Waals surface area (Å²) in [7, 11) is 0. The summed E-state index contributed by atoms with van der Waals surface area (Å²) in [5.74, 6) is 0.668. The second-order valence-electron chi connectivity index (χ2n) is 5.04. The van der Waals surface area contributed by atoms with Gasteiger partial charge in [0.05, 0.1) is 19.3 Å². The van der Waals surface area contributed by atoms with Crippen LogP contribution in [0.3, 0.4) is 0 Å². The molecule has 1 atom stereocenters. The number of carbonyl (C=O) groups is 1. The van der Waals surface area contributed by atoms with Crippen LogP contribution in [-0.2, 0) is 6.42 Å². The van der Waals surface area contributed by atoms with E-state index in [2.05, 4.69) is 5.32 Å². The van der Waals surface area contributed by atoms with Gasteiger partial charge >= 0.3 is 0 Å². The second-order valence-corrected chi connectivity index (χ2v) is 5.04. The van der Waals surface area contributed by atoms with Gasteiger partial charge in [-0.2, -0.15) is 0 Å². The fraction of sp³-hybridized carbons (Fsp3) is 0.235. The van der Waals surface area contributed by atoms with Gasteiger partial charge in [-0.25, -0.2) is 0 Å². The van der Waals surface area contributed by atoms with Crippen molar-refractivity contribution in [2.45, 2.75) is 12.5 Å². The predicted octanol–water partition coefficient (Wildman–Crippen LogP) is 2.08. The van der Waals surface area contributed by atoms with Gasteiger partial charge in [0.25, 0.3) is 5.91 Å². The number of amides is 1. The zero-order chi connectivity index (χ0) is 14.7. The number of aliphatic hydroxyl groups excluding tert-OH is 1. The van der Waals surface area contributed by atoms with Crippen molar-refractivity contribution in [3.8, 4) is 5.75 Å². The maximum Gasteiger partial charge on any atom is 0.251 e. The minimum atomic E-state index is -0.400. The largest absolute Gasteiger partial charge is 0.493 e. The Labute approximate surface area is 123 Å². The number of aliphatic hydroxyl groups is 1. The zero-order valence-electron chi connectivity index (χ0n) is 11.6. The summed E-state index contributed by atoms with van der Waals surface area (Å²) in [6.45, 7) is 0.535. The van der Waals surface area contributed by atoms with Gasteiger partial charge in [0, 0.05) is 12.0 Å². The van der Waals surface area contributed by atoms with Crippen molar-refractivity contribution >= 4 is 5.91 Å². The summed E-state index contributed by atoms with van der Waals surface area (Å²) < 4.78 is 5.43. The lowest BCUT2D eigenvalue weighted by Gasteiger charge is -2.17. The number of fused-ring (bicyclic) bond motifs is 1. The van der Waals surface area contributed by atoms with E-state index in [1.165, 1.54) is 0 Å². The molecule has 2 aromatic carbocycles. The first-order chi connectivity index (χ1) is 10.3. The van der Waals surface area contributed by atoms with Gasteiger partial charge in [-0.3, -0.25) is 4.79 Å². The molecule has 4 heteroatoms. The van der Waals surface area contributed by atoms with Crippen LogP contribution in [0.1, 0.15) is 27.5 Å². The molecule has 0 unspecified atom stereocenters. The highest BCUT2D eigenvalue weighted by Crippen LogP contribution is 2.26. The lowest BCUT2D eigenvalue weighted by Crippen LogP contribution is -2.30. The van der Waals surface area contributed by atoms with E-state index in [1.54, 1.807) is 6.07 Å². The average Bonchev–Trinajstić information content (AvgIpc) is 3.00. The predicted molar refractivity (Wildman–Crippen MR) is 79.4 cm³/mol. The highest BCUT2D eigenvalue weighted by Gasteiger charge is 2.18. The Morgan fingerprint density at radius 1 is 1.24 bits per heavy atom. The van der Waals surface area contributed by atoms with E-state index in [0.717, 1.165) is 23.3 Å². The summed E-state index contributed by atoms with van der Waals surface area (Å²) in [5, 5.41) is 12.4. The molecule has 2 aromatic rings. The molecule has 21 heavy (non-hydrogen) atoms. The van der Waals surface area contributed by atoms with Gasteiger partial charge in [0.1, 0.15) is 5.75 Å². The lowest BCUT2D eigenvalue weighted by atomic mass is 10.1. The fourth-order valence-corrected chi connectivity index (χ4v) is 2.49. The molecule has 0 saturated heterocycles. The molecule has 1 heterocycles. The monoisotopic (exact) mass is 283 g/mol. The van der Waals surface area contributed by atoms with Gasteiger partial charge in [-0.15, -0.1) is 0 Å². The van der Waals surface area contributed by atoms with Crippen molar-refractivity contribution in [3.63, 3.8) is 0 Å². The van der Waals surface area contributed by atoms with Crippen LogP contribution in [0.2, 0.25) is 0 Å². The quantitative estimate of drug-likeness (QED) is 0.903. The Morgan fingerprint density at radius 3 is 2.81 bits per heavy atom. The molecule has 0 aromatic heterocycles. The van der Waals surface area contributed by atoms with Crippen LogP contribution < -0.4 is 10.1 Å². The molecule has 0 saturated carbocycles. The van der Waals surface area contributed by atoms with E-state index in [1.807, 2.05) is 42.5 Å². The third-order valence-corrected chi connectivity index (χ3v) is 3.64. The van der Waals surface area contributed by atoms with Crippen LogP contribution in [0.25, 0.3) is 0 Å². The highest BCUT2D eigenvalue weighted by molar-refractivity contribution is 5.94. The average molecular weight is 283 g/mol. The lowest BCUT2D eigenvalue weighted by molar-refractivity contribution is 0.0916. The molecule has 0 spiro atoms. The molecule has 0 radical (unpaired) electrons. The molecule has 0 fully saturated rings. The van der Waals surface area contributed by atoms with Crippen LogP contribution in [0, 0.1) is 0 Å². The van der Waals surface area contributed by atoms with Gasteiger partial charge < -0.3 is 15.2 Å². The number of rotatable bonds is 4. The van der Waals surface area contributed by atoms with E-state index in [9.17, 15) is 9.90 Å². The van der Waals surface area contributed by atoms with Crippen LogP contribution in [0.5, 0.6) is 5.75 Å². The number of hydrogen-bond acceptors (Lipinski definition) is 3. The summed E-state index contributed by atoms with van der Waals surface area (Å²) in [6.07, 6.45) is 0.832. The third-order valence-electron chi connectivity index (χ3n) is 3.64. The summed E-state index contributed by atoms with van der Waals surface area (Å²) in [6, 6.07) is 14.5. The Bertz CT molecular complexity index is 640. The van der Waals surface area contributed by atoms with Crippen molar-refractivity contribution in [1.82, 2.24) is 5.32 Å². The normalized spacial score (nSPS) is 14.1. The standard InChI is InChI=1S/C17H17NO3/c19-11-15(12-4-2-1-3-5-12)18-17(20)14-6-7-16-13(10-14)8-9-21-16/h1-7,10,15,19H,8-9,11H2,(H,18,20)/t15-/m1/s1. The minimum absolute atomic E-state index is 0.135. The summed E-state index contributed by atoms with van der Waals surface area (Å²) >= 11 is 0. The molecule has 3 rings (SSSR count). The van der Waals surface area contributed by atoms with Crippen molar-refractivity contribution in [3.05, 3.63) is 65.2 Å². The molecule has 1 amide bonds. The van der Waals surface area contributed by atoms with Crippen LogP contribution in [0.4, 0.5) is 0 Å². The Balaban J connectivity index is 1.76.